The highest BCUT2D eigenvalue weighted by molar-refractivity contribution is 6.33. The lowest BCUT2D eigenvalue weighted by atomic mass is 10.1. The summed E-state index contributed by atoms with van der Waals surface area (Å²) in [6, 6.07) is 13.0. The maximum absolute atomic E-state index is 11.3. The second kappa shape index (κ2) is 7.54. The molecule has 0 bridgehead atoms. The minimum absolute atomic E-state index is 0.0374. The average Bonchev–Trinajstić information content (AvgIpc) is 2.59. The van der Waals surface area contributed by atoms with Crippen LogP contribution < -0.4 is 10.6 Å². The standard InChI is InChI=1S/C20H19ClN4O/c1-12-8-13(2)20(17(21)9-12)25-19-10-18(22-11-23-19)24-16-6-4-15(5-7-16)14(3)26/h4-11H,1-3H3,(H2,22,23,24,25). The number of carbonyl (C=O) groups is 1. The highest BCUT2D eigenvalue weighted by atomic mass is 35.5. The van der Waals surface area contributed by atoms with Gasteiger partial charge in [0, 0.05) is 17.3 Å². The van der Waals surface area contributed by atoms with Crippen LogP contribution in [0.3, 0.4) is 0 Å². The van der Waals surface area contributed by atoms with Crippen LogP contribution in [-0.4, -0.2) is 15.8 Å². The summed E-state index contributed by atoms with van der Waals surface area (Å²) in [5.74, 6) is 1.31. The molecule has 0 radical (unpaired) electrons. The van der Waals surface area contributed by atoms with Crippen molar-refractivity contribution < 1.29 is 4.79 Å². The zero-order valence-electron chi connectivity index (χ0n) is 14.8. The van der Waals surface area contributed by atoms with Crippen LogP contribution in [0.5, 0.6) is 0 Å². The molecule has 0 amide bonds. The molecule has 26 heavy (non-hydrogen) atoms. The molecule has 2 N–H and O–H groups in total. The Morgan fingerprint density at radius 1 is 0.962 bits per heavy atom. The number of benzene rings is 2. The Balaban J connectivity index is 1.79. The van der Waals surface area contributed by atoms with E-state index in [4.69, 9.17) is 11.6 Å². The van der Waals surface area contributed by atoms with E-state index in [0.29, 0.717) is 22.2 Å². The fraction of sp³-hybridized carbons (Fsp3) is 0.150. The van der Waals surface area contributed by atoms with Gasteiger partial charge in [-0.2, -0.15) is 0 Å². The van der Waals surface area contributed by atoms with E-state index in [2.05, 4.69) is 26.7 Å². The molecule has 2 aromatic carbocycles. The number of aryl methyl sites for hydroxylation is 2. The third kappa shape index (κ3) is 4.18. The van der Waals surface area contributed by atoms with Gasteiger partial charge in [-0.15, -0.1) is 0 Å². The number of ketones is 1. The summed E-state index contributed by atoms with van der Waals surface area (Å²) in [7, 11) is 0. The van der Waals surface area contributed by atoms with Crippen LogP contribution in [0.1, 0.15) is 28.4 Å². The lowest BCUT2D eigenvalue weighted by molar-refractivity contribution is 0.101. The van der Waals surface area contributed by atoms with Crippen molar-refractivity contribution in [1.29, 1.82) is 0 Å². The van der Waals surface area contributed by atoms with E-state index in [-0.39, 0.29) is 5.78 Å². The molecular weight excluding hydrogens is 348 g/mol. The first-order valence-electron chi connectivity index (χ1n) is 8.16. The van der Waals surface area contributed by atoms with Crippen molar-refractivity contribution in [3.8, 4) is 0 Å². The molecule has 3 rings (SSSR count). The number of aromatic nitrogens is 2. The van der Waals surface area contributed by atoms with E-state index < -0.39 is 0 Å². The Bertz CT molecular complexity index is 931. The number of rotatable bonds is 5. The maximum atomic E-state index is 11.3. The molecule has 0 unspecified atom stereocenters. The van der Waals surface area contributed by atoms with Crippen LogP contribution in [0.25, 0.3) is 0 Å². The topological polar surface area (TPSA) is 66.9 Å². The predicted molar refractivity (Wildman–Crippen MR) is 106 cm³/mol. The van der Waals surface area contributed by atoms with Gasteiger partial charge in [-0.1, -0.05) is 17.7 Å². The van der Waals surface area contributed by atoms with Crippen LogP contribution in [0, 0.1) is 13.8 Å². The summed E-state index contributed by atoms with van der Waals surface area (Å²) in [4.78, 5) is 19.8. The van der Waals surface area contributed by atoms with Gasteiger partial charge in [0.2, 0.25) is 0 Å². The third-order valence-electron chi connectivity index (χ3n) is 3.92. The van der Waals surface area contributed by atoms with Gasteiger partial charge in [0.25, 0.3) is 0 Å². The zero-order chi connectivity index (χ0) is 18.7. The Morgan fingerprint density at radius 2 is 1.62 bits per heavy atom. The summed E-state index contributed by atoms with van der Waals surface area (Å²) < 4.78 is 0. The van der Waals surface area contributed by atoms with Crippen molar-refractivity contribution in [2.45, 2.75) is 20.8 Å². The highest BCUT2D eigenvalue weighted by Gasteiger charge is 2.08. The molecule has 0 aliphatic rings. The van der Waals surface area contributed by atoms with Crippen molar-refractivity contribution in [3.63, 3.8) is 0 Å². The van der Waals surface area contributed by atoms with Crippen molar-refractivity contribution in [2.75, 3.05) is 10.6 Å². The SMILES string of the molecule is CC(=O)c1ccc(Nc2cc(Nc3c(C)cc(C)cc3Cl)ncn2)cc1. The van der Waals surface area contributed by atoms with Crippen molar-refractivity contribution in [2.24, 2.45) is 0 Å². The van der Waals surface area contributed by atoms with Crippen LogP contribution >= 0.6 is 11.6 Å². The number of anilines is 4. The van der Waals surface area contributed by atoms with Gasteiger partial charge in [0.05, 0.1) is 10.7 Å². The summed E-state index contributed by atoms with van der Waals surface area (Å²) in [6.07, 6.45) is 1.48. The van der Waals surface area contributed by atoms with E-state index in [1.54, 1.807) is 25.1 Å². The Hall–Kier alpha value is -2.92. The highest BCUT2D eigenvalue weighted by Crippen LogP contribution is 2.30. The van der Waals surface area contributed by atoms with Crippen LogP contribution in [-0.2, 0) is 0 Å². The lowest BCUT2D eigenvalue weighted by Crippen LogP contribution is -2.00. The first-order chi connectivity index (χ1) is 12.4. The molecular formula is C20H19ClN4O. The normalized spacial score (nSPS) is 10.5. The largest absolute Gasteiger partial charge is 0.340 e. The minimum atomic E-state index is 0.0374. The average molecular weight is 367 g/mol. The first-order valence-corrected chi connectivity index (χ1v) is 8.54. The molecule has 6 heteroatoms. The molecule has 0 fully saturated rings. The van der Waals surface area contributed by atoms with E-state index in [1.807, 2.05) is 32.0 Å². The number of nitrogens with one attached hydrogen (secondary N) is 2. The van der Waals surface area contributed by atoms with E-state index in [0.717, 1.165) is 22.5 Å². The Labute approximate surface area is 157 Å². The number of nitrogens with zero attached hydrogens (tertiary/aromatic N) is 2. The van der Waals surface area contributed by atoms with E-state index >= 15 is 0 Å². The van der Waals surface area contributed by atoms with Gasteiger partial charge in [0.15, 0.2) is 5.78 Å². The van der Waals surface area contributed by atoms with Crippen LogP contribution in [0.2, 0.25) is 5.02 Å². The van der Waals surface area contributed by atoms with E-state index in [9.17, 15) is 4.79 Å². The number of Topliss-reactive ketones (excluding diaryl/α,β-unsaturated/α-hetero) is 1. The number of halogens is 1. The molecule has 5 nitrogen and oxygen atoms in total. The second-order valence-corrected chi connectivity index (χ2v) is 6.52. The molecule has 1 heterocycles. The van der Waals surface area contributed by atoms with Crippen LogP contribution in [0.4, 0.5) is 23.0 Å². The maximum Gasteiger partial charge on any atom is 0.159 e. The molecule has 0 saturated carbocycles. The van der Waals surface area contributed by atoms with Gasteiger partial charge in [-0.05, 0) is 62.2 Å². The molecule has 0 atom stereocenters. The number of hydrogen-bond donors (Lipinski definition) is 2. The van der Waals surface area contributed by atoms with E-state index in [1.165, 1.54) is 6.33 Å². The summed E-state index contributed by atoms with van der Waals surface area (Å²) in [6.45, 7) is 5.55. The molecule has 1 aromatic heterocycles. The first kappa shape index (κ1) is 17.9. The van der Waals surface area contributed by atoms with Gasteiger partial charge in [-0.3, -0.25) is 4.79 Å². The predicted octanol–water partition coefficient (Wildman–Crippen LogP) is 5.44. The monoisotopic (exact) mass is 366 g/mol. The zero-order valence-corrected chi connectivity index (χ0v) is 15.6. The smallest absolute Gasteiger partial charge is 0.159 e. The third-order valence-corrected chi connectivity index (χ3v) is 4.21. The molecule has 0 aliphatic carbocycles. The van der Waals surface area contributed by atoms with Gasteiger partial charge in [-0.25, -0.2) is 9.97 Å². The molecule has 0 aliphatic heterocycles. The fourth-order valence-corrected chi connectivity index (χ4v) is 3.00. The summed E-state index contributed by atoms with van der Waals surface area (Å²) >= 11 is 6.35. The number of hydrogen-bond acceptors (Lipinski definition) is 5. The molecule has 3 aromatic rings. The quantitative estimate of drug-likeness (QED) is 0.589. The molecule has 132 valence electrons. The molecule has 0 saturated heterocycles. The summed E-state index contributed by atoms with van der Waals surface area (Å²) in [5.41, 5.74) is 4.49. The van der Waals surface area contributed by atoms with Gasteiger partial charge < -0.3 is 10.6 Å². The second-order valence-electron chi connectivity index (χ2n) is 6.11. The van der Waals surface area contributed by atoms with Gasteiger partial charge in [0.1, 0.15) is 18.0 Å². The lowest BCUT2D eigenvalue weighted by Gasteiger charge is -2.13. The Morgan fingerprint density at radius 3 is 2.23 bits per heavy atom. The number of carbonyl (C=O) groups excluding carboxylic acids is 1. The molecule has 0 spiro atoms. The van der Waals surface area contributed by atoms with Crippen molar-refractivity contribution >= 4 is 40.4 Å². The van der Waals surface area contributed by atoms with Crippen molar-refractivity contribution in [1.82, 2.24) is 9.97 Å². The minimum Gasteiger partial charge on any atom is -0.340 e. The van der Waals surface area contributed by atoms with Gasteiger partial charge >= 0.3 is 0 Å². The van der Waals surface area contributed by atoms with Crippen LogP contribution in [0.15, 0.2) is 48.8 Å². The fourth-order valence-electron chi connectivity index (χ4n) is 2.63. The van der Waals surface area contributed by atoms with Crippen molar-refractivity contribution in [3.05, 3.63) is 70.5 Å². The Kier molecular flexibility index (Phi) is 5.19. The summed E-state index contributed by atoms with van der Waals surface area (Å²) in [5, 5.41) is 7.10.